The van der Waals surface area contributed by atoms with Gasteiger partial charge in [0.25, 0.3) is 5.91 Å². The fourth-order valence-corrected chi connectivity index (χ4v) is 2.90. The molecule has 0 unspecified atom stereocenters. The van der Waals surface area contributed by atoms with Gasteiger partial charge in [0.2, 0.25) is 0 Å². The minimum Gasteiger partial charge on any atom is -0.497 e. The van der Waals surface area contributed by atoms with E-state index in [2.05, 4.69) is 15.2 Å². The smallest absolute Gasteiger partial charge is 0.253 e. The lowest BCUT2D eigenvalue weighted by Crippen LogP contribution is -2.30. The Kier molecular flexibility index (Phi) is 5.31. The Balaban J connectivity index is 1.61. The van der Waals surface area contributed by atoms with E-state index in [0.717, 1.165) is 30.1 Å². The fourth-order valence-electron chi connectivity index (χ4n) is 2.90. The van der Waals surface area contributed by atoms with Gasteiger partial charge >= 0.3 is 0 Å². The number of aromatic nitrogens is 1. The number of piperidine rings is 1. The summed E-state index contributed by atoms with van der Waals surface area (Å²) in [5.74, 6) is 0.709. The van der Waals surface area contributed by atoms with Crippen molar-refractivity contribution < 1.29 is 9.53 Å². The number of anilines is 1. The van der Waals surface area contributed by atoms with Crippen LogP contribution in [0.15, 0.2) is 42.7 Å². The maximum Gasteiger partial charge on any atom is 0.253 e. The van der Waals surface area contributed by atoms with Crippen LogP contribution in [0.3, 0.4) is 0 Å². The standard InChI is InChI=1S/C19H23N3O2/c1-24-18-7-5-15(6-8-18)12-21-19(23)16-11-17(14-20-13-16)22-9-3-2-4-10-22/h5-8,11,13-14H,2-4,9-10,12H2,1H3,(H,21,23). The van der Waals surface area contributed by atoms with E-state index in [1.54, 1.807) is 13.3 Å². The second-order valence-corrected chi connectivity index (χ2v) is 6.01. The van der Waals surface area contributed by atoms with Gasteiger partial charge in [0.05, 0.1) is 24.6 Å². The third-order valence-electron chi connectivity index (χ3n) is 4.32. The number of carbonyl (C=O) groups excluding carboxylic acids is 1. The molecule has 5 heteroatoms. The number of benzene rings is 1. The van der Waals surface area contributed by atoms with Crippen molar-refractivity contribution in [3.05, 3.63) is 53.9 Å². The van der Waals surface area contributed by atoms with Crippen LogP contribution < -0.4 is 15.0 Å². The quantitative estimate of drug-likeness (QED) is 0.918. The molecule has 0 saturated carbocycles. The number of rotatable bonds is 5. The van der Waals surface area contributed by atoms with Crippen LogP contribution in [0.5, 0.6) is 5.75 Å². The highest BCUT2D eigenvalue weighted by atomic mass is 16.5. The number of nitrogens with one attached hydrogen (secondary N) is 1. The molecule has 126 valence electrons. The van der Waals surface area contributed by atoms with Crippen LogP contribution in [0.1, 0.15) is 35.2 Å². The number of amides is 1. The first kappa shape index (κ1) is 16.3. The first-order valence-corrected chi connectivity index (χ1v) is 8.37. The maximum absolute atomic E-state index is 12.4. The summed E-state index contributed by atoms with van der Waals surface area (Å²) in [4.78, 5) is 18.9. The highest BCUT2D eigenvalue weighted by Crippen LogP contribution is 2.20. The number of ether oxygens (including phenoxy) is 1. The zero-order valence-corrected chi connectivity index (χ0v) is 14.0. The van der Waals surface area contributed by atoms with Crippen molar-refractivity contribution in [2.45, 2.75) is 25.8 Å². The molecular formula is C19H23N3O2. The molecule has 1 fully saturated rings. The summed E-state index contributed by atoms with van der Waals surface area (Å²) < 4.78 is 5.13. The molecule has 1 aromatic heterocycles. The topological polar surface area (TPSA) is 54.5 Å². The second-order valence-electron chi connectivity index (χ2n) is 6.01. The SMILES string of the molecule is COc1ccc(CNC(=O)c2cncc(N3CCCCC3)c2)cc1. The summed E-state index contributed by atoms with van der Waals surface area (Å²) in [6.07, 6.45) is 7.15. The Morgan fingerprint density at radius 3 is 2.62 bits per heavy atom. The fraction of sp³-hybridized carbons (Fsp3) is 0.368. The molecule has 3 rings (SSSR count). The predicted molar refractivity (Wildman–Crippen MR) is 94.5 cm³/mol. The van der Waals surface area contributed by atoms with E-state index >= 15 is 0 Å². The number of pyridine rings is 1. The molecule has 1 aliphatic heterocycles. The Morgan fingerprint density at radius 1 is 1.17 bits per heavy atom. The van der Waals surface area contributed by atoms with Gasteiger partial charge in [-0.3, -0.25) is 9.78 Å². The van der Waals surface area contributed by atoms with E-state index in [9.17, 15) is 4.79 Å². The average molecular weight is 325 g/mol. The second kappa shape index (κ2) is 7.81. The van der Waals surface area contributed by atoms with Crippen LogP contribution in [-0.4, -0.2) is 31.1 Å². The van der Waals surface area contributed by atoms with Gasteiger partial charge in [0, 0.05) is 25.8 Å². The largest absolute Gasteiger partial charge is 0.497 e. The van der Waals surface area contributed by atoms with Gasteiger partial charge in [0.1, 0.15) is 5.75 Å². The molecule has 0 spiro atoms. The van der Waals surface area contributed by atoms with E-state index in [4.69, 9.17) is 4.74 Å². The summed E-state index contributed by atoms with van der Waals surface area (Å²) in [7, 11) is 1.64. The molecule has 0 aliphatic carbocycles. The number of carbonyl (C=O) groups is 1. The lowest BCUT2D eigenvalue weighted by atomic mass is 10.1. The molecular weight excluding hydrogens is 302 g/mol. The van der Waals surface area contributed by atoms with Crippen molar-refractivity contribution in [3.8, 4) is 5.75 Å². The van der Waals surface area contributed by atoms with Crippen molar-refractivity contribution in [2.24, 2.45) is 0 Å². The zero-order chi connectivity index (χ0) is 16.8. The first-order chi connectivity index (χ1) is 11.8. The van der Waals surface area contributed by atoms with E-state index in [1.165, 1.54) is 19.3 Å². The van der Waals surface area contributed by atoms with Crippen molar-refractivity contribution in [2.75, 3.05) is 25.1 Å². The Morgan fingerprint density at radius 2 is 1.92 bits per heavy atom. The molecule has 1 amide bonds. The Hall–Kier alpha value is -2.56. The normalized spacial score (nSPS) is 14.3. The van der Waals surface area contributed by atoms with Crippen molar-refractivity contribution in [3.63, 3.8) is 0 Å². The monoisotopic (exact) mass is 325 g/mol. The molecule has 0 radical (unpaired) electrons. The van der Waals surface area contributed by atoms with Gasteiger partial charge in [-0.2, -0.15) is 0 Å². The van der Waals surface area contributed by atoms with Gasteiger partial charge < -0.3 is 15.0 Å². The molecule has 24 heavy (non-hydrogen) atoms. The maximum atomic E-state index is 12.4. The summed E-state index contributed by atoms with van der Waals surface area (Å²) in [5.41, 5.74) is 2.67. The van der Waals surface area contributed by atoms with Gasteiger partial charge in [-0.05, 0) is 43.0 Å². The molecule has 2 aromatic rings. The third-order valence-corrected chi connectivity index (χ3v) is 4.32. The van der Waals surface area contributed by atoms with Crippen LogP contribution in [-0.2, 0) is 6.54 Å². The van der Waals surface area contributed by atoms with E-state index in [-0.39, 0.29) is 5.91 Å². The van der Waals surface area contributed by atoms with Gasteiger partial charge in [-0.1, -0.05) is 12.1 Å². The van der Waals surface area contributed by atoms with E-state index in [1.807, 2.05) is 36.5 Å². The summed E-state index contributed by atoms with van der Waals surface area (Å²) in [5, 5.41) is 2.94. The van der Waals surface area contributed by atoms with Crippen molar-refractivity contribution in [1.29, 1.82) is 0 Å². The summed E-state index contributed by atoms with van der Waals surface area (Å²) in [6, 6.07) is 9.60. The van der Waals surface area contributed by atoms with Gasteiger partial charge in [-0.15, -0.1) is 0 Å². The lowest BCUT2D eigenvalue weighted by Gasteiger charge is -2.28. The highest BCUT2D eigenvalue weighted by Gasteiger charge is 2.13. The lowest BCUT2D eigenvalue weighted by molar-refractivity contribution is 0.0950. The summed E-state index contributed by atoms with van der Waals surface area (Å²) in [6.45, 7) is 2.56. The first-order valence-electron chi connectivity index (χ1n) is 8.37. The third kappa shape index (κ3) is 4.04. The van der Waals surface area contributed by atoms with Gasteiger partial charge in [0.15, 0.2) is 0 Å². The van der Waals surface area contributed by atoms with Crippen LogP contribution in [0, 0.1) is 0 Å². The molecule has 1 saturated heterocycles. The zero-order valence-electron chi connectivity index (χ0n) is 14.0. The molecule has 5 nitrogen and oxygen atoms in total. The van der Waals surface area contributed by atoms with Crippen LogP contribution in [0.2, 0.25) is 0 Å². The van der Waals surface area contributed by atoms with Crippen molar-refractivity contribution >= 4 is 11.6 Å². The molecule has 1 N–H and O–H groups in total. The molecule has 2 heterocycles. The average Bonchev–Trinajstić information content (AvgIpc) is 2.67. The highest BCUT2D eigenvalue weighted by molar-refractivity contribution is 5.94. The number of hydrogen-bond acceptors (Lipinski definition) is 4. The molecule has 0 atom stereocenters. The van der Waals surface area contributed by atoms with Crippen LogP contribution in [0.4, 0.5) is 5.69 Å². The van der Waals surface area contributed by atoms with E-state index in [0.29, 0.717) is 12.1 Å². The van der Waals surface area contributed by atoms with Crippen LogP contribution >= 0.6 is 0 Å². The Labute approximate surface area is 142 Å². The molecule has 1 aliphatic rings. The minimum atomic E-state index is -0.0998. The molecule has 0 bridgehead atoms. The van der Waals surface area contributed by atoms with E-state index < -0.39 is 0 Å². The van der Waals surface area contributed by atoms with Crippen molar-refractivity contribution in [1.82, 2.24) is 10.3 Å². The van der Waals surface area contributed by atoms with Gasteiger partial charge in [-0.25, -0.2) is 0 Å². The molecule has 1 aromatic carbocycles. The number of methoxy groups -OCH3 is 1. The predicted octanol–water partition coefficient (Wildman–Crippen LogP) is 3.01. The number of nitrogens with zero attached hydrogens (tertiary/aromatic N) is 2. The summed E-state index contributed by atoms with van der Waals surface area (Å²) >= 11 is 0. The Bertz CT molecular complexity index is 679. The van der Waals surface area contributed by atoms with Crippen LogP contribution in [0.25, 0.3) is 0 Å². The number of hydrogen-bond donors (Lipinski definition) is 1. The minimum absolute atomic E-state index is 0.0998.